The number of aromatic nitrogens is 1. The second-order valence-corrected chi connectivity index (χ2v) is 6.60. The average Bonchev–Trinajstić information content (AvgIpc) is 2.88. The molecule has 0 amide bonds. The van der Waals surface area contributed by atoms with Crippen molar-refractivity contribution in [3.63, 3.8) is 0 Å². The van der Waals surface area contributed by atoms with Crippen LogP contribution in [0.4, 0.5) is 5.13 Å². The lowest BCUT2D eigenvalue weighted by atomic mass is 10.2. The van der Waals surface area contributed by atoms with Crippen LogP contribution < -0.4 is 0 Å². The van der Waals surface area contributed by atoms with Gasteiger partial charge in [0.1, 0.15) is 5.75 Å². The highest BCUT2D eigenvalue weighted by molar-refractivity contribution is 9.11. The molecule has 3 rings (SSSR count). The first-order valence-corrected chi connectivity index (χ1v) is 7.89. The summed E-state index contributed by atoms with van der Waals surface area (Å²) in [4.78, 5) is 8.85. The molecular weight excluding hydrogens is 348 g/mol. The third-order valence-corrected chi connectivity index (χ3v) is 4.49. The van der Waals surface area contributed by atoms with E-state index in [1.54, 1.807) is 24.4 Å². The molecule has 0 spiro atoms. The average molecular weight is 359 g/mol. The van der Waals surface area contributed by atoms with Crippen molar-refractivity contribution in [2.75, 3.05) is 0 Å². The number of rotatable bonds is 3. The summed E-state index contributed by atoms with van der Waals surface area (Å²) in [5.74, 6) is 0.208. The third kappa shape index (κ3) is 3.20. The fraction of sp³-hybridized carbons (Fsp3) is 0. The molecule has 21 heavy (non-hydrogen) atoms. The molecule has 1 N–H and O–H groups in total. The maximum atomic E-state index is 9.71. The van der Waals surface area contributed by atoms with Crippen molar-refractivity contribution in [2.24, 2.45) is 4.99 Å². The van der Waals surface area contributed by atoms with Crippen LogP contribution in [-0.2, 0) is 0 Å². The molecule has 0 unspecified atom stereocenters. The van der Waals surface area contributed by atoms with E-state index in [1.807, 2.05) is 36.4 Å². The lowest BCUT2D eigenvalue weighted by Gasteiger charge is -1.96. The van der Waals surface area contributed by atoms with E-state index in [0.29, 0.717) is 10.7 Å². The van der Waals surface area contributed by atoms with Crippen LogP contribution in [0.15, 0.2) is 63.4 Å². The smallest absolute Gasteiger partial charge is 0.210 e. The molecule has 0 fully saturated rings. The quantitative estimate of drug-likeness (QED) is 0.667. The molecular formula is C16H11BrN2OS. The number of nitrogens with zero attached hydrogens (tertiary/aromatic N) is 2. The fourth-order valence-electron chi connectivity index (χ4n) is 1.84. The SMILES string of the molecule is Oc1ccccc1/C=N/c1nc(-c2ccccc2)c(Br)s1. The molecule has 1 heterocycles. The van der Waals surface area contributed by atoms with Gasteiger partial charge in [-0.25, -0.2) is 9.98 Å². The molecule has 0 aliphatic carbocycles. The number of aromatic hydroxyl groups is 1. The lowest BCUT2D eigenvalue weighted by molar-refractivity contribution is 0.474. The number of hydrogen-bond donors (Lipinski definition) is 1. The Bertz CT molecular complexity index is 784. The Hall–Kier alpha value is -1.98. The van der Waals surface area contributed by atoms with Gasteiger partial charge in [-0.3, -0.25) is 0 Å². The molecule has 0 aliphatic heterocycles. The Morgan fingerprint density at radius 1 is 1.05 bits per heavy atom. The monoisotopic (exact) mass is 358 g/mol. The van der Waals surface area contributed by atoms with Gasteiger partial charge in [-0.1, -0.05) is 53.8 Å². The van der Waals surface area contributed by atoms with E-state index in [1.165, 1.54) is 11.3 Å². The number of phenols is 1. The van der Waals surface area contributed by atoms with Crippen LogP contribution in [0, 0.1) is 0 Å². The van der Waals surface area contributed by atoms with Crippen LogP contribution >= 0.6 is 27.3 Å². The minimum atomic E-state index is 0.208. The van der Waals surface area contributed by atoms with E-state index in [-0.39, 0.29) is 5.75 Å². The number of phenolic OH excluding ortho intramolecular Hbond substituents is 1. The minimum absolute atomic E-state index is 0.208. The molecule has 3 aromatic rings. The van der Waals surface area contributed by atoms with Crippen molar-refractivity contribution in [3.8, 4) is 17.0 Å². The Labute approximate surface area is 134 Å². The summed E-state index contributed by atoms with van der Waals surface area (Å²) in [6.07, 6.45) is 1.62. The van der Waals surface area contributed by atoms with E-state index < -0.39 is 0 Å². The third-order valence-electron chi connectivity index (χ3n) is 2.87. The number of thiazole rings is 1. The van der Waals surface area contributed by atoms with Crippen molar-refractivity contribution < 1.29 is 5.11 Å². The Balaban J connectivity index is 1.90. The molecule has 104 valence electrons. The van der Waals surface area contributed by atoms with Gasteiger partial charge in [0.25, 0.3) is 0 Å². The van der Waals surface area contributed by atoms with Crippen LogP contribution in [0.2, 0.25) is 0 Å². The molecule has 0 atom stereocenters. The van der Waals surface area contributed by atoms with E-state index in [9.17, 15) is 5.11 Å². The Kier molecular flexibility index (Phi) is 4.13. The van der Waals surface area contributed by atoms with Gasteiger partial charge in [0, 0.05) is 17.3 Å². The number of aliphatic imine (C=N–C) groups is 1. The highest BCUT2D eigenvalue weighted by atomic mass is 79.9. The molecule has 5 heteroatoms. The summed E-state index contributed by atoms with van der Waals surface area (Å²) >= 11 is 4.99. The van der Waals surface area contributed by atoms with Gasteiger partial charge >= 0.3 is 0 Å². The maximum Gasteiger partial charge on any atom is 0.210 e. The van der Waals surface area contributed by atoms with E-state index >= 15 is 0 Å². The number of hydrogen-bond acceptors (Lipinski definition) is 4. The number of halogens is 1. The molecule has 0 radical (unpaired) electrons. The first-order chi connectivity index (χ1) is 10.2. The number of benzene rings is 2. The zero-order valence-corrected chi connectivity index (χ0v) is 13.3. The summed E-state index contributed by atoms with van der Waals surface area (Å²) < 4.78 is 0.943. The summed E-state index contributed by atoms with van der Waals surface area (Å²) in [5.41, 5.74) is 2.60. The van der Waals surface area contributed by atoms with Gasteiger partial charge in [0.2, 0.25) is 5.13 Å². The second-order valence-electron chi connectivity index (χ2n) is 4.30. The van der Waals surface area contributed by atoms with Crippen LogP contribution in [0.25, 0.3) is 11.3 Å². The zero-order valence-electron chi connectivity index (χ0n) is 10.9. The van der Waals surface area contributed by atoms with Gasteiger partial charge in [-0.15, -0.1) is 0 Å². The second kappa shape index (κ2) is 6.20. The molecule has 1 aromatic heterocycles. The predicted octanol–water partition coefficient (Wildman–Crippen LogP) is 5.03. The van der Waals surface area contributed by atoms with Gasteiger partial charge in [0.05, 0.1) is 9.48 Å². The molecule has 0 saturated heterocycles. The maximum absolute atomic E-state index is 9.71. The van der Waals surface area contributed by atoms with Crippen LogP contribution in [0.3, 0.4) is 0 Å². The molecule has 2 aromatic carbocycles. The number of para-hydroxylation sites is 1. The standard InChI is InChI=1S/C16H11BrN2OS/c17-15-14(11-6-2-1-3-7-11)19-16(21-15)18-10-12-8-4-5-9-13(12)20/h1-10,20H/b18-10+. The van der Waals surface area contributed by atoms with Crippen molar-refractivity contribution in [3.05, 3.63) is 63.9 Å². The van der Waals surface area contributed by atoms with Crippen molar-refractivity contribution in [1.82, 2.24) is 4.98 Å². The first kappa shape index (κ1) is 14.0. The predicted molar refractivity (Wildman–Crippen MR) is 90.6 cm³/mol. The summed E-state index contributed by atoms with van der Waals surface area (Å²) in [6, 6.07) is 17.0. The normalized spacial score (nSPS) is 11.1. The first-order valence-electron chi connectivity index (χ1n) is 6.28. The Morgan fingerprint density at radius 3 is 2.52 bits per heavy atom. The van der Waals surface area contributed by atoms with Gasteiger partial charge in [0.15, 0.2) is 0 Å². The van der Waals surface area contributed by atoms with Crippen LogP contribution in [0.5, 0.6) is 5.75 Å². The van der Waals surface area contributed by atoms with Gasteiger partial charge in [-0.05, 0) is 28.1 Å². The zero-order chi connectivity index (χ0) is 14.7. The summed E-state index contributed by atoms with van der Waals surface area (Å²) in [5, 5.41) is 10.4. The van der Waals surface area contributed by atoms with E-state index in [2.05, 4.69) is 25.9 Å². The Morgan fingerprint density at radius 2 is 1.76 bits per heavy atom. The summed E-state index contributed by atoms with van der Waals surface area (Å²) in [6.45, 7) is 0. The highest BCUT2D eigenvalue weighted by Crippen LogP contribution is 2.36. The molecule has 0 saturated carbocycles. The van der Waals surface area contributed by atoms with Crippen molar-refractivity contribution in [1.29, 1.82) is 0 Å². The molecule has 0 bridgehead atoms. The van der Waals surface area contributed by atoms with Crippen molar-refractivity contribution >= 4 is 38.6 Å². The largest absolute Gasteiger partial charge is 0.507 e. The van der Waals surface area contributed by atoms with Crippen LogP contribution in [0.1, 0.15) is 5.56 Å². The van der Waals surface area contributed by atoms with Crippen molar-refractivity contribution in [2.45, 2.75) is 0 Å². The van der Waals surface area contributed by atoms with Gasteiger partial charge < -0.3 is 5.11 Å². The van der Waals surface area contributed by atoms with Gasteiger partial charge in [-0.2, -0.15) is 0 Å². The molecule has 0 aliphatic rings. The molecule has 3 nitrogen and oxygen atoms in total. The lowest BCUT2D eigenvalue weighted by Crippen LogP contribution is -1.81. The minimum Gasteiger partial charge on any atom is -0.507 e. The fourth-order valence-corrected chi connectivity index (χ4v) is 3.26. The summed E-state index contributed by atoms with van der Waals surface area (Å²) in [7, 11) is 0. The highest BCUT2D eigenvalue weighted by Gasteiger charge is 2.09. The van der Waals surface area contributed by atoms with Crippen LogP contribution in [-0.4, -0.2) is 16.3 Å². The topological polar surface area (TPSA) is 45.5 Å². The van der Waals surface area contributed by atoms with E-state index in [4.69, 9.17) is 0 Å². The van der Waals surface area contributed by atoms with E-state index in [0.717, 1.165) is 15.0 Å².